The molecule has 4 N–H and O–H groups in total. The number of anilines is 2. The smallest absolute Gasteiger partial charge is 0.188 e. The van der Waals surface area contributed by atoms with E-state index >= 15 is 0 Å². The normalized spacial score (nSPS) is 10.7. The van der Waals surface area contributed by atoms with Crippen LogP contribution in [0, 0.1) is 5.82 Å². The molecule has 0 aliphatic rings. The van der Waals surface area contributed by atoms with Gasteiger partial charge >= 0.3 is 0 Å². The van der Waals surface area contributed by atoms with Gasteiger partial charge < -0.3 is 16.2 Å². The summed E-state index contributed by atoms with van der Waals surface area (Å²) in [6.07, 6.45) is 4.08. The number of nitrogens with two attached hydrogens (primary N) is 2. The fourth-order valence-corrected chi connectivity index (χ4v) is 1.76. The molecule has 19 heavy (non-hydrogen) atoms. The molecule has 7 heteroatoms. The molecule has 2 aromatic rings. The zero-order valence-corrected chi connectivity index (χ0v) is 11.1. The largest absolute Gasteiger partial charge is 0.449 e. The van der Waals surface area contributed by atoms with Crippen LogP contribution < -0.4 is 16.2 Å². The number of rotatable bonds is 4. The van der Waals surface area contributed by atoms with Crippen LogP contribution in [0.25, 0.3) is 0 Å². The van der Waals surface area contributed by atoms with E-state index in [9.17, 15) is 4.39 Å². The molecule has 1 heterocycles. The molecule has 0 saturated carbocycles. The van der Waals surface area contributed by atoms with Gasteiger partial charge in [0, 0.05) is 6.54 Å². The summed E-state index contributed by atoms with van der Waals surface area (Å²) >= 11 is 5.72. The predicted molar refractivity (Wildman–Crippen MR) is 72.8 cm³/mol. The summed E-state index contributed by atoms with van der Waals surface area (Å²) in [4.78, 5) is 0. The predicted octanol–water partition coefficient (Wildman–Crippen LogP) is 3.04. The average Bonchev–Trinajstić information content (AvgIpc) is 2.80. The maximum Gasteiger partial charge on any atom is 0.188 e. The summed E-state index contributed by atoms with van der Waals surface area (Å²) in [5.74, 6) is -0.530. The van der Waals surface area contributed by atoms with E-state index in [0.29, 0.717) is 5.75 Å². The highest BCUT2D eigenvalue weighted by Gasteiger charge is 2.17. The van der Waals surface area contributed by atoms with Gasteiger partial charge in [0.1, 0.15) is 5.02 Å². The minimum Gasteiger partial charge on any atom is -0.449 e. The minimum atomic E-state index is -0.776. The third-order valence-corrected chi connectivity index (χ3v) is 2.89. The highest BCUT2D eigenvalue weighted by atomic mass is 35.5. The maximum absolute atomic E-state index is 13.9. The van der Waals surface area contributed by atoms with Gasteiger partial charge in [0.25, 0.3) is 0 Å². The fraction of sp³-hybridized carbons (Fsp3) is 0.250. The van der Waals surface area contributed by atoms with Crippen molar-refractivity contribution in [2.75, 3.05) is 11.5 Å². The molecule has 0 bridgehead atoms. The Morgan fingerprint density at radius 2 is 2.16 bits per heavy atom. The first-order valence-electron chi connectivity index (χ1n) is 5.76. The van der Waals surface area contributed by atoms with E-state index in [0.717, 1.165) is 13.0 Å². The lowest BCUT2D eigenvalue weighted by atomic mass is 10.2. The quantitative estimate of drug-likeness (QED) is 0.846. The molecule has 0 unspecified atom stereocenters. The van der Waals surface area contributed by atoms with Gasteiger partial charge in [0.05, 0.1) is 23.8 Å². The summed E-state index contributed by atoms with van der Waals surface area (Å²) in [6.45, 7) is 2.78. The molecule has 0 spiro atoms. The summed E-state index contributed by atoms with van der Waals surface area (Å²) in [7, 11) is 0. The SMILES string of the molecule is CCCn1cc(Oc2c(N)cc(N)c(Cl)c2F)cn1. The first-order chi connectivity index (χ1) is 9.02. The van der Waals surface area contributed by atoms with Gasteiger partial charge in [0.15, 0.2) is 17.3 Å². The number of aromatic nitrogens is 2. The van der Waals surface area contributed by atoms with E-state index in [2.05, 4.69) is 5.10 Å². The summed E-state index contributed by atoms with van der Waals surface area (Å²) in [5.41, 5.74) is 11.3. The van der Waals surface area contributed by atoms with Crippen molar-refractivity contribution in [1.82, 2.24) is 9.78 Å². The number of aryl methyl sites for hydroxylation is 1. The van der Waals surface area contributed by atoms with E-state index in [1.54, 1.807) is 10.9 Å². The third-order valence-electron chi connectivity index (χ3n) is 2.50. The van der Waals surface area contributed by atoms with Gasteiger partial charge in [-0.2, -0.15) is 5.10 Å². The van der Waals surface area contributed by atoms with Crippen LogP contribution in [0.4, 0.5) is 15.8 Å². The molecule has 2 rings (SSSR count). The van der Waals surface area contributed by atoms with Crippen LogP contribution in [0.1, 0.15) is 13.3 Å². The van der Waals surface area contributed by atoms with E-state index < -0.39 is 5.82 Å². The molecule has 0 atom stereocenters. The first-order valence-corrected chi connectivity index (χ1v) is 6.14. The second kappa shape index (κ2) is 5.36. The molecule has 0 amide bonds. The van der Waals surface area contributed by atoms with Crippen LogP contribution >= 0.6 is 11.6 Å². The molecule has 0 aliphatic heterocycles. The van der Waals surface area contributed by atoms with Crippen molar-refractivity contribution in [3.63, 3.8) is 0 Å². The van der Waals surface area contributed by atoms with Crippen LogP contribution in [0.15, 0.2) is 18.5 Å². The number of hydrogen-bond donors (Lipinski definition) is 2. The lowest BCUT2D eigenvalue weighted by Gasteiger charge is -2.10. The summed E-state index contributed by atoms with van der Waals surface area (Å²) < 4.78 is 21.0. The highest BCUT2D eigenvalue weighted by Crippen LogP contribution is 2.37. The van der Waals surface area contributed by atoms with Crippen molar-refractivity contribution < 1.29 is 9.13 Å². The number of hydrogen-bond acceptors (Lipinski definition) is 4. The van der Waals surface area contributed by atoms with Crippen molar-refractivity contribution in [1.29, 1.82) is 0 Å². The van der Waals surface area contributed by atoms with Crippen molar-refractivity contribution >= 4 is 23.0 Å². The van der Waals surface area contributed by atoms with Crippen molar-refractivity contribution in [3.8, 4) is 11.5 Å². The second-order valence-electron chi connectivity index (χ2n) is 4.05. The standard InChI is InChI=1S/C12H14ClFN4O/c1-2-3-18-6-7(5-17-18)19-12-9(16)4-8(15)10(13)11(12)14/h4-6H,2-3,15-16H2,1H3. The number of nitrogens with zero attached hydrogens (tertiary/aromatic N) is 2. The van der Waals surface area contributed by atoms with Crippen LogP contribution in [0.2, 0.25) is 5.02 Å². The lowest BCUT2D eigenvalue weighted by molar-refractivity contribution is 0.444. The molecule has 0 radical (unpaired) electrons. The van der Waals surface area contributed by atoms with Crippen molar-refractivity contribution in [2.45, 2.75) is 19.9 Å². The monoisotopic (exact) mass is 284 g/mol. The van der Waals surface area contributed by atoms with Gasteiger partial charge in [-0.1, -0.05) is 18.5 Å². The number of benzene rings is 1. The Morgan fingerprint density at radius 3 is 2.84 bits per heavy atom. The molecular weight excluding hydrogens is 271 g/mol. The van der Waals surface area contributed by atoms with Gasteiger partial charge in [-0.15, -0.1) is 0 Å². The van der Waals surface area contributed by atoms with Crippen LogP contribution in [-0.2, 0) is 6.54 Å². The summed E-state index contributed by atoms with van der Waals surface area (Å²) in [6, 6.07) is 1.36. The maximum atomic E-state index is 13.9. The molecule has 0 aliphatic carbocycles. The molecule has 1 aromatic carbocycles. The van der Waals surface area contributed by atoms with E-state index in [1.165, 1.54) is 12.3 Å². The molecule has 5 nitrogen and oxygen atoms in total. The highest BCUT2D eigenvalue weighted by molar-refractivity contribution is 6.33. The lowest BCUT2D eigenvalue weighted by Crippen LogP contribution is -1.99. The minimum absolute atomic E-state index is 0.0747. The number of halogens is 2. The molecule has 1 aromatic heterocycles. The van der Waals surface area contributed by atoms with Gasteiger partial charge in [-0.05, 0) is 12.5 Å². The van der Waals surface area contributed by atoms with Crippen LogP contribution in [0.5, 0.6) is 11.5 Å². The zero-order valence-electron chi connectivity index (χ0n) is 10.4. The van der Waals surface area contributed by atoms with Crippen molar-refractivity contribution in [2.24, 2.45) is 0 Å². The number of nitrogen functional groups attached to an aromatic ring is 2. The molecule has 102 valence electrons. The third kappa shape index (κ3) is 2.73. The van der Waals surface area contributed by atoms with Gasteiger partial charge in [-0.3, -0.25) is 4.68 Å². The Balaban J connectivity index is 2.30. The Bertz CT molecular complexity index is 600. The Hall–Kier alpha value is -1.95. The zero-order chi connectivity index (χ0) is 14.0. The topological polar surface area (TPSA) is 79.1 Å². The second-order valence-corrected chi connectivity index (χ2v) is 4.43. The van der Waals surface area contributed by atoms with Crippen molar-refractivity contribution in [3.05, 3.63) is 29.3 Å². The summed E-state index contributed by atoms with van der Waals surface area (Å²) in [5, 5.41) is 3.87. The van der Waals surface area contributed by atoms with E-state index in [4.69, 9.17) is 27.8 Å². The Morgan fingerprint density at radius 1 is 1.42 bits per heavy atom. The van der Waals surface area contributed by atoms with Crippen LogP contribution in [0.3, 0.4) is 0 Å². The van der Waals surface area contributed by atoms with Gasteiger partial charge in [0.2, 0.25) is 0 Å². The van der Waals surface area contributed by atoms with E-state index in [-0.39, 0.29) is 22.1 Å². The van der Waals surface area contributed by atoms with Crippen LogP contribution in [-0.4, -0.2) is 9.78 Å². The molecule has 0 saturated heterocycles. The van der Waals surface area contributed by atoms with Gasteiger partial charge in [-0.25, -0.2) is 4.39 Å². The first kappa shape index (κ1) is 13.5. The Labute approximate surface area is 114 Å². The number of ether oxygens (including phenoxy) is 1. The average molecular weight is 285 g/mol. The van der Waals surface area contributed by atoms with E-state index in [1.807, 2.05) is 6.92 Å². The fourth-order valence-electron chi connectivity index (χ4n) is 1.62. The Kier molecular flexibility index (Phi) is 3.80. The molecule has 0 fully saturated rings. The molecular formula is C12H14ClFN4O.